The van der Waals surface area contributed by atoms with Crippen LogP contribution in [0.5, 0.6) is 6.01 Å². The third-order valence-corrected chi connectivity index (χ3v) is 6.26. The summed E-state index contributed by atoms with van der Waals surface area (Å²) in [4.78, 5) is 12.2. The number of pyridine rings is 1. The van der Waals surface area contributed by atoms with E-state index in [2.05, 4.69) is 20.1 Å². The highest BCUT2D eigenvalue weighted by molar-refractivity contribution is 6.31. The molecule has 0 saturated carbocycles. The second-order valence-electron chi connectivity index (χ2n) is 8.32. The highest BCUT2D eigenvalue weighted by Crippen LogP contribution is 2.30. The zero-order chi connectivity index (χ0) is 23.5. The first kappa shape index (κ1) is 23.5. The molecule has 184 valence electrons. The molecule has 0 unspecified atom stereocenters. The Balaban J connectivity index is 1.17. The second-order valence-corrected chi connectivity index (χ2v) is 8.73. The number of fused-ring (bicyclic) bond motifs is 2. The molecule has 5 rings (SSSR count). The van der Waals surface area contributed by atoms with Gasteiger partial charge in [0.25, 0.3) is 6.01 Å². The molecule has 0 radical (unpaired) electrons. The van der Waals surface area contributed by atoms with Gasteiger partial charge < -0.3 is 33.8 Å². The van der Waals surface area contributed by atoms with E-state index in [4.69, 9.17) is 35.3 Å². The molecule has 5 heterocycles. The van der Waals surface area contributed by atoms with Crippen LogP contribution in [0.4, 0.5) is 0 Å². The second kappa shape index (κ2) is 10.5. The number of aryl methyl sites for hydroxylation is 2. The Bertz CT molecular complexity index is 1110. The van der Waals surface area contributed by atoms with Crippen molar-refractivity contribution in [3.8, 4) is 6.01 Å². The topological polar surface area (TPSA) is 126 Å². The van der Waals surface area contributed by atoms with Crippen LogP contribution in [0.3, 0.4) is 0 Å². The van der Waals surface area contributed by atoms with Crippen LogP contribution in [0.15, 0.2) is 18.3 Å². The van der Waals surface area contributed by atoms with Gasteiger partial charge in [0.1, 0.15) is 18.3 Å². The molecule has 11 nitrogen and oxygen atoms in total. The van der Waals surface area contributed by atoms with Gasteiger partial charge in [-0.2, -0.15) is 10.1 Å². The fraction of sp³-hybridized carbons (Fsp3) is 0.591. The van der Waals surface area contributed by atoms with Crippen LogP contribution >= 0.6 is 11.6 Å². The number of methoxy groups -OCH3 is 1. The van der Waals surface area contributed by atoms with E-state index in [1.165, 1.54) is 0 Å². The summed E-state index contributed by atoms with van der Waals surface area (Å²) < 4.78 is 29.5. The normalized spacial score (nSPS) is 24.2. The minimum Gasteiger partial charge on any atom is -0.456 e. The molecule has 12 heteroatoms. The lowest BCUT2D eigenvalue weighted by atomic mass is 10.1. The first-order valence-electron chi connectivity index (χ1n) is 11.3. The number of imidazole rings is 1. The van der Waals surface area contributed by atoms with Crippen LogP contribution in [0.1, 0.15) is 11.4 Å². The van der Waals surface area contributed by atoms with Gasteiger partial charge >= 0.3 is 0 Å². The van der Waals surface area contributed by atoms with Gasteiger partial charge in [-0.15, -0.1) is 0 Å². The molecule has 0 amide bonds. The van der Waals surface area contributed by atoms with Crippen molar-refractivity contribution in [1.82, 2.24) is 24.7 Å². The average Bonchev–Trinajstić information content (AvgIpc) is 3.59. The minimum absolute atomic E-state index is 0.246. The van der Waals surface area contributed by atoms with E-state index in [9.17, 15) is 5.11 Å². The Morgan fingerprint density at radius 3 is 2.94 bits per heavy atom. The van der Waals surface area contributed by atoms with Crippen LogP contribution < -0.4 is 4.74 Å². The molecule has 2 fully saturated rings. The SMILES string of the molecule is COCCOCCn1ccc(CCc2nc3nc(O[C@@H]4CO[C@H]5[C@@H]4OC[C@H]5O)[nH]c3cc2Cl)n1. The Morgan fingerprint density at radius 1 is 1.18 bits per heavy atom. The summed E-state index contributed by atoms with van der Waals surface area (Å²) in [5.41, 5.74) is 2.91. The number of nitrogens with zero attached hydrogens (tertiary/aromatic N) is 4. The maximum absolute atomic E-state index is 9.89. The number of nitrogens with one attached hydrogen (secondary N) is 1. The number of aromatic amines is 1. The maximum Gasteiger partial charge on any atom is 0.296 e. The number of halogens is 1. The predicted octanol–water partition coefficient (Wildman–Crippen LogP) is 1.16. The van der Waals surface area contributed by atoms with Crippen LogP contribution in [0, 0.1) is 0 Å². The molecule has 2 saturated heterocycles. The Hall–Kier alpha value is -2.28. The molecule has 0 spiro atoms. The number of aliphatic hydroxyl groups excluding tert-OH is 1. The Kier molecular flexibility index (Phi) is 7.28. The number of aromatic nitrogens is 5. The molecule has 2 aliphatic rings. The average molecular weight is 494 g/mol. The number of hydrogen-bond acceptors (Lipinski definition) is 9. The van der Waals surface area contributed by atoms with Crippen LogP contribution in [0.2, 0.25) is 5.02 Å². The highest BCUT2D eigenvalue weighted by Gasteiger charge is 2.48. The highest BCUT2D eigenvalue weighted by atomic mass is 35.5. The molecule has 3 aromatic heterocycles. The molecular weight excluding hydrogens is 466 g/mol. The van der Waals surface area contributed by atoms with E-state index in [-0.39, 0.29) is 24.9 Å². The molecule has 0 aliphatic carbocycles. The molecule has 0 bridgehead atoms. The first-order chi connectivity index (χ1) is 16.6. The van der Waals surface area contributed by atoms with E-state index in [0.717, 1.165) is 11.4 Å². The summed E-state index contributed by atoms with van der Waals surface area (Å²) in [6.07, 6.45) is 1.62. The third-order valence-electron chi connectivity index (χ3n) is 5.93. The minimum atomic E-state index is -0.627. The van der Waals surface area contributed by atoms with Crippen molar-refractivity contribution in [2.45, 2.75) is 43.8 Å². The largest absolute Gasteiger partial charge is 0.456 e. The van der Waals surface area contributed by atoms with Gasteiger partial charge in [-0.3, -0.25) is 4.68 Å². The van der Waals surface area contributed by atoms with E-state index in [1.54, 1.807) is 13.2 Å². The van der Waals surface area contributed by atoms with Crippen molar-refractivity contribution < 1.29 is 28.8 Å². The van der Waals surface area contributed by atoms with E-state index < -0.39 is 6.10 Å². The van der Waals surface area contributed by atoms with Crippen molar-refractivity contribution >= 4 is 22.8 Å². The standard InChI is InChI=1S/C22H28ClN5O6/c1-30-8-9-31-7-6-28-5-4-13(27-28)2-3-15-14(23)10-16-21(24-15)26-22(25-16)34-18-12-33-19-17(29)11-32-20(18)19/h4-5,10,17-20,29H,2-3,6-9,11-12H2,1H3,(H,24,25,26)/t17-,18-,19-,20-/m1/s1. The summed E-state index contributed by atoms with van der Waals surface area (Å²) in [7, 11) is 1.65. The van der Waals surface area contributed by atoms with Crippen LogP contribution in [0.25, 0.3) is 11.2 Å². The lowest BCUT2D eigenvalue weighted by Crippen LogP contribution is -2.34. The number of H-pyrrole nitrogens is 1. The molecule has 34 heavy (non-hydrogen) atoms. The van der Waals surface area contributed by atoms with Crippen molar-refractivity contribution in [2.24, 2.45) is 0 Å². The Labute approximate surface area is 201 Å². The lowest BCUT2D eigenvalue weighted by molar-refractivity contribution is 0.00706. The van der Waals surface area contributed by atoms with Crippen molar-refractivity contribution in [1.29, 1.82) is 0 Å². The van der Waals surface area contributed by atoms with E-state index in [1.807, 2.05) is 16.9 Å². The fourth-order valence-corrected chi connectivity index (χ4v) is 4.41. The van der Waals surface area contributed by atoms with Gasteiger partial charge in [0, 0.05) is 13.3 Å². The molecule has 2 N–H and O–H groups in total. The van der Waals surface area contributed by atoms with Gasteiger partial charge in [0.15, 0.2) is 11.8 Å². The zero-order valence-electron chi connectivity index (χ0n) is 18.9. The molecule has 4 atom stereocenters. The van der Waals surface area contributed by atoms with Gasteiger partial charge in [-0.25, -0.2) is 4.98 Å². The summed E-state index contributed by atoms with van der Waals surface area (Å²) >= 11 is 6.48. The van der Waals surface area contributed by atoms with E-state index in [0.29, 0.717) is 68.0 Å². The Morgan fingerprint density at radius 2 is 2.06 bits per heavy atom. The van der Waals surface area contributed by atoms with Crippen molar-refractivity contribution in [3.63, 3.8) is 0 Å². The number of hydrogen-bond donors (Lipinski definition) is 2. The van der Waals surface area contributed by atoms with Crippen LogP contribution in [-0.2, 0) is 38.3 Å². The summed E-state index contributed by atoms with van der Waals surface area (Å²) in [6.45, 7) is 3.00. The smallest absolute Gasteiger partial charge is 0.296 e. The zero-order valence-corrected chi connectivity index (χ0v) is 19.6. The molecule has 3 aromatic rings. The van der Waals surface area contributed by atoms with Gasteiger partial charge in [0.05, 0.1) is 61.5 Å². The number of ether oxygens (including phenoxy) is 5. The molecule has 2 aliphatic heterocycles. The molecular formula is C22H28ClN5O6. The van der Waals surface area contributed by atoms with E-state index >= 15 is 0 Å². The summed E-state index contributed by atoms with van der Waals surface area (Å²) in [6, 6.07) is 4.11. The van der Waals surface area contributed by atoms with Gasteiger partial charge in [-0.05, 0) is 25.0 Å². The van der Waals surface area contributed by atoms with Gasteiger partial charge in [0.2, 0.25) is 0 Å². The predicted molar refractivity (Wildman–Crippen MR) is 121 cm³/mol. The third kappa shape index (κ3) is 5.19. The number of rotatable bonds is 11. The fourth-order valence-electron chi connectivity index (χ4n) is 4.16. The quantitative estimate of drug-likeness (QED) is 0.378. The lowest BCUT2D eigenvalue weighted by Gasteiger charge is -2.15. The van der Waals surface area contributed by atoms with Crippen molar-refractivity contribution in [3.05, 3.63) is 34.7 Å². The monoisotopic (exact) mass is 493 g/mol. The first-order valence-corrected chi connectivity index (χ1v) is 11.7. The van der Waals surface area contributed by atoms with Crippen LogP contribution in [-0.4, -0.2) is 94.4 Å². The maximum atomic E-state index is 9.89. The summed E-state index contributed by atoms with van der Waals surface area (Å²) in [5, 5.41) is 15.0. The van der Waals surface area contributed by atoms with Crippen molar-refractivity contribution in [2.75, 3.05) is 40.1 Å². The summed E-state index contributed by atoms with van der Waals surface area (Å²) in [5.74, 6) is 0. The number of aliphatic hydroxyl groups is 1. The molecule has 0 aromatic carbocycles. The van der Waals surface area contributed by atoms with Gasteiger partial charge in [-0.1, -0.05) is 11.6 Å².